The molecule has 3 heterocycles. The van der Waals surface area contributed by atoms with Crippen LogP contribution in [0.25, 0.3) is 11.2 Å². The van der Waals surface area contributed by atoms with Gasteiger partial charge in [0.25, 0.3) is 0 Å². The molecule has 3 rings (SSSR count). The van der Waals surface area contributed by atoms with E-state index in [0.29, 0.717) is 6.42 Å². The number of nitrogens with zero attached hydrogens (tertiary/aromatic N) is 4. The van der Waals surface area contributed by atoms with E-state index < -0.39 is 90.7 Å². The number of hydrogen-bond acceptors (Lipinski definition) is 19. The minimum Gasteiger partial charge on any atom is -0.393 e. The smallest absolute Gasteiger partial charge is 0.393 e. The summed E-state index contributed by atoms with van der Waals surface area (Å²) in [6.45, 7) is 2.50. The number of aliphatic hydroxyl groups excluding tert-OH is 3. The van der Waals surface area contributed by atoms with Crippen LogP contribution < -0.4 is 16.4 Å². The second kappa shape index (κ2) is 23.3. The number of hydrogen-bond donors (Lipinski definition) is 10. The van der Waals surface area contributed by atoms with Crippen LogP contribution in [-0.4, -0.2) is 134 Å². The summed E-state index contributed by atoms with van der Waals surface area (Å²) in [7, 11) is -16.4. The summed E-state index contributed by atoms with van der Waals surface area (Å²) in [5.41, 5.74) is 4.25. The lowest BCUT2D eigenvalue weighted by Crippen LogP contribution is -2.46. The maximum atomic E-state index is 12.7. The topological polar surface area (TPSA) is 384 Å². The highest BCUT2D eigenvalue weighted by Crippen LogP contribution is 2.61. The number of imidazole rings is 1. The van der Waals surface area contributed by atoms with Crippen LogP contribution in [0.1, 0.15) is 78.4 Å². The molecular formula is C31H54N7O18P3S. The molecule has 0 radical (unpaired) electrons. The molecular weight excluding hydrogens is 883 g/mol. The van der Waals surface area contributed by atoms with Crippen molar-refractivity contribution in [3.63, 3.8) is 0 Å². The second-order valence-electron chi connectivity index (χ2n) is 14.4. The number of carbonyl (C=O) groups is 3. The molecule has 0 saturated carbocycles. The number of phosphoric ester groups is 3. The standard InChI is InChI=1S/C31H54N7O18P3S/c1-4-5-6-7-8-9-19(39)14-22(41)60-13-12-33-21(40)10-11-34-29(44)26(43)31(2,3)16-53-59(50,51)56-58(48,49)52-15-20-25(55-57(45,46)47)24(42)30(54-20)38-18-37-23-27(32)35-17-36-28(23)38/h17-20,24-26,30,39,42-43H,4-16H2,1-3H3,(H,33,40)(H,34,44)(H,48,49)(H,50,51)(H2,32,35,36)(H2,45,46,47)/t19?,20-,24-,25-,26?,30+/m1/s1. The summed E-state index contributed by atoms with van der Waals surface area (Å²) >= 11 is 0.986. The first-order valence-corrected chi connectivity index (χ1v) is 24.2. The van der Waals surface area contributed by atoms with Crippen molar-refractivity contribution in [2.24, 2.45) is 5.41 Å². The Hall–Kier alpha value is -2.48. The maximum absolute atomic E-state index is 12.7. The van der Waals surface area contributed by atoms with Crippen molar-refractivity contribution in [1.29, 1.82) is 0 Å². The Kier molecular flexibility index (Phi) is 20.1. The number of amides is 2. The zero-order valence-corrected chi connectivity index (χ0v) is 36.5. The van der Waals surface area contributed by atoms with Gasteiger partial charge in [-0.15, -0.1) is 0 Å². The van der Waals surface area contributed by atoms with Crippen LogP contribution >= 0.6 is 35.2 Å². The third-order valence-electron chi connectivity index (χ3n) is 8.81. The van der Waals surface area contributed by atoms with Crippen molar-refractivity contribution in [3.8, 4) is 0 Å². The number of fused-ring (bicyclic) bond motifs is 1. The molecule has 29 heteroatoms. The van der Waals surface area contributed by atoms with Gasteiger partial charge in [0.2, 0.25) is 11.8 Å². The van der Waals surface area contributed by atoms with Crippen LogP contribution in [0, 0.1) is 5.41 Å². The van der Waals surface area contributed by atoms with Gasteiger partial charge < -0.3 is 56.0 Å². The van der Waals surface area contributed by atoms with Crippen LogP contribution in [0.2, 0.25) is 0 Å². The van der Waals surface area contributed by atoms with Gasteiger partial charge in [-0.3, -0.25) is 32.5 Å². The molecule has 1 aliphatic rings. The molecule has 2 aromatic heterocycles. The van der Waals surface area contributed by atoms with Gasteiger partial charge in [0.1, 0.15) is 36.3 Å². The van der Waals surface area contributed by atoms with Gasteiger partial charge in [-0.05, 0) is 6.42 Å². The fourth-order valence-electron chi connectivity index (χ4n) is 5.63. The van der Waals surface area contributed by atoms with E-state index in [-0.39, 0.29) is 53.8 Å². The summed E-state index contributed by atoms with van der Waals surface area (Å²) in [6, 6.07) is 0. The van der Waals surface area contributed by atoms with Crippen LogP contribution in [-0.2, 0) is 50.7 Å². The molecule has 0 aromatic carbocycles. The number of nitrogens with one attached hydrogen (secondary N) is 2. The largest absolute Gasteiger partial charge is 0.481 e. The van der Waals surface area contributed by atoms with Gasteiger partial charge in [0.05, 0.1) is 25.6 Å². The fraction of sp³-hybridized carbons (Fsp3) is 0.742. The van der Waals surface area contributed by atoms with Crippen molar-refractivity contribution in [3.05, 3.63) is 12.7 Å². The minimum atomic E-state index is -5.58. The number of unbranched alkanes of at least 4 members (excludes halogenated alkanes) is 4. The van der Waals surface area contributed by atoms with Crippen LogP contribution in [0.3, 0.4) is 0 Å². The summed E-state index contributed by atoms with van der Waals surface area (Å²) in [5.74, 6) is -1.23. The minimum absolute atomic E-state index is 0.0221. The second-order valence-corrected chi connectivity index (χ2v) is 19.7. The lowest BCUT2D eigenvalue weighted by Gasteiger charge is -2.30. The summed E-state index contributed by atoms with van der Waals surface area (Å²) in [6.07, 6.45) is -1.92. The molecule has 25 nitrogen and oxygen atoms in total. The van der Waals surface area contributed by atoms with Crippen LogP contribution in [0.15, 0.2) is 12.7 Å². The Labute approximate surface area is 348 Å². The van der Waals surface area contributed by atoms with Crippen molar-refractivity contribution >= 4 is 69.1 Å². The van der Waals surface area contributed by atoms with Gasteiger partial charge in [-0.2, -0.15) is 4.31 Å². The van der Waals surface area contributed by atoms with E-state index in [9.17, 15) is 63.0 Å². The first-order valence-electron chi connectivity index (χ1n) is 18.7. The van der Waals surface area contributed by atoms with Crippen LogP contribution in [0.5, 0.6) is 0 Å². The zero-order chi connectivity index (χ0) is 44.9. The predicted molar refractivity (Wildman–Crippen MR) is 211 cm³/mol. The summed E-state index contributed by atoms with van der Waals surface area (Å²) in [4.78, 5) is 87.9. The molecule has 4 unspecified atom stereocenters. The molecule has 1 saturated heterocycles. The first kappa shape index (κ1) is 51.9. The molecule has 8 atom stereocenters. The Morgan fingerprint density at radius 3 is 2.37 bits per heavy atom. The molecule has 60 heavy (non-hydrogen) atoms. The molecule has 1 aliphatic heterocycles. The number of aliphatic hydroxyl groups is 3. The predicted octanol–water partition coefficient (Wildman–Crippen LogP) is 0.776. The van der Waals surface area contributed by atoms with E-state index in [2.05, 4.69) is 41.3 Å². The van der Waals surface area contributed by atoms with Crippen molar-refractivity contribution in [2.45, 2.75) is 109 Å². The first-order chi connectivity index (χ1) is 27.9. The van der Waals surface area contributed by atoms with E-state index in [4.69, 9.17) is 19.5 Å². The van der Waals surface area contributed by atoms with E-state index in [1.807, 2.05) is 0 Å². The normalized spacial score (nSPS) is 21.6. The van der Waals surface area contributed by atoms with E-state index >= 15 is 0 Å². The van der Waals surface area contributed by atoms with E-state index in [0.717, 1.165) is 61.1 Å². The van der Waals surface area contributed by atoms with Crippen molar-refractivity contribution < 1.29 is 85.6 Å². The fourth-order valence-corrected chi connectivity index (χ4v) is 9.20. The Balaban J connectivity index is 1.42. The lowest BCUT2D eigenvalue weighted by molar-refractivity contribution is -0.137. The Morgan fingerprint density at radius 2 is 1.68 bits per heavy atom. The quantitative estimate of drug-likeness (QED) is 0.0437. The number of nitrogen functional groups attached to an aromatic ring is 1. The number of carbonyl (C=O) groups excluding carboxylic acids is 3. The number of rotatable bonds is 27. The van der Waals surface area contributed by atoms with E-state index in [1.54, 1.807) is 0 Å². The zero-order valence-electron chi connectivity index (χ0n) is 33.0. The monoisotopic (exact) mass is 937 g/mol. The maximum Gasteiger partial charge on any atom is 0.481 e. The Bertz CT molecular complexity index is 1890. The lowest BCUT2D eigenvalue weighted by atomic mass is 9.87. The average Bonchev–Trinajstić information content (AvgIpc) is 3.71. The Morgan fingerprint density at radius 1 is 1.00 bits per heavy atom. The molecule has 2 amide bonds. The molecule has 2 aromatic rings. The van der Waals surface area contributed by atoms with Gasteiger partial charge >= 0.3 is 23.5 Å². The highest BCUT2D eigenvalue weighted by atomic mass is 32.2. The molecule has 342 valence electrons. The number of ether oxygens (including phenoxy) is 1. The average molecular weight is 938 g/mol. The van der Waals surface area contributed by atoms with Crippen molar-refractivity contribution in [1.82, 2.24) is 30.2 Å². The van der Waals surface area contributed by atoms with Gasteiger partial charge in [0.15, 0.2) is 22.8 Å². The molecule has 1 fully saturated rings. The number of phosphoric acid groups is 3. The summed E-state index contributed by atoms with van der Waals surface area (Å²) in [5, 5.41) is 36.3. The van der Waals surface area contributed by atoms with Gasteiger partial charge in [-0.25, -0.2) is 28.6 Å². The molecule has 11 N–H and O–H groups in total. The van der Waals surface area contributed by atoms with Gasteiger partial charge in [-0.1, -0.05) is 64.6 Å². The molecule has 0 aliphatic carbocycles. The highest BCUT2D eigenvalue weighted by molar-refractivity contribution is 8.13. The third-order valence-corrected chi connectivity index (χ3v) is 12.8. The third kappa shape index (κ3) is 17.0. The number of anilines is 1. The number of aromatic nitrogens is 4. The van der Waals surface area contributed by atoms with Gasteiger partial charge in [0, 0.05) is 37.1 Å². The number of nitrogens with two attached hydrogens (primary N) is 1. The molecule has 0 spiro atoms. The van der Waals surface area contributed by atoms with Crippen LogP contribution in [0.4, 0.5) is 5.82 Å². The number of thioether (sulfide) groups is 1. The molecule has 0 bridgehead atoms. The summed E-state index contributed by atoms with van der Waals surface area (Å²) < 4.78 is 62.2. The van der Waals surface area contributed by atoms with E-state index in [1.165, 1.54) is 13.8 Å². The van der Waals surface area contributed by atoms with Crippen molar-refractivity contribution in [2.75, 3.05) is 37.8 Å². The SMILES string of the molecule is CCCCCCCC(O)CC(=O)SCCNC(=O)CCNC(=O)C(O)C(C)(C)COP(=O)(O)OP(=O)(O)OC[C@H]1O[C@H](n2cnc3c(N)ncnc32)[C@H](O)[C@@H]1OP(=O)(O)O. The highest BCUT2D eigenvalue weighted by Gasteiger charge is 2.50.